The molecule has 1 heterocycles. The number of aryl methyl sites for hydroxylation is 2. The largest absolute Gasteiger partial charge is 0.426 e. The minimum atomic E-state index is -0.480. The Kier molecular flexibility index (Phi) is 4.82. The van der Waals surface area contributed by atoms with E-state index in [0.29, 0.717) is 17.3 Å². The minimum absolute atomic E-state index is 0.0901. The van der Waals surface area contributed by atoms with E-state index in [1.165, 1.54) is 0 Å². The first-order valence-corrected chi connectivity index (χ1v) is 8.58. The topological polar surface area (TPSA) is 46.6 Å². The summed E-state index contributed by atoms with van der Waals surface area (Å²) in [6.45, 7) is 6.08. The van der Waals surface area contributed by atoms with Crippen LogP contribution in [0.2, 0.25) is 5.02 Å². The predicted octanol–water partition coefficient (Wildman–Crippen LogP) is 4.22. The molecular formula is C20H20ClNO3. The van der Waals surface area contributed by atoms with E-state index in [1.54, 1.807) is 17.0 Å². The van der Waals surface area contributed by atoms with Crippen LogP contribution < -0.4 is 9.64 Å². The van der Waals surface area contributed by atoms with Gasteiger partial charge in [-0.1, -0.05) is 23.7 Å². The van der Waals surface area contributed by atoms with Gasteiger partial charge in [0.15, 0.2) is 0 Å². The van der Waals surface area contributed by atoms with Crippen LogP contribution in [0.25, 0.3) is 0 Å². The number of hydrogen-bond acceptors (Lipinski definition) is 3. The van der Waals surface area contributed by atoms with Crippen molar-refractivity contribution in [2.45, 2.75) is 27.2 Å². The van der Waals surface area contributed by atoms with Gasteiger partial charge >= 0.3 is 5.97 Å². The number of ether oxygens (including phenoxy) is 1. The molecular weight excluding hydrogens is 338 g/mol. The second-order valence-corrected chi connectivity index (χ2v) is 6.94. The fourth-order valence-corrected chi connectivity index (χ4v) is 3.35. The molecule has 2 aromatic rings. The van der Waals surface area contributed by atoms with Gasteiger partial charge in [0.1, 0.15) is 5.75 Å². The van der Waals surface area contributed by atoms with Crippen molar-refractivity contribution in [1.29, 1.82) is 0 Å². The molecule has 25 heavy (non-hydrogen) atoms. The maximum Gasteiger partial charge on any atom is 0.316 e. The molecule has 0 spiro atoms. The van der Waals surface area contributed by atoms with Gasteiger partial charge in [0.05, 0.1) is 5.92 Å². The van der Waals surface area contributed by atoms with E-state index in [2.05, 4.69) is 0 Å². The standard InChI is InChI=1S/C20H20ClNO3/c1-12-7-13(2)9-16(8-12)25-20(24)15-10-19(23)22(11-15)18-6-4-5-17(21)14(18)3/h4-9,15H,10-11H2,1-3H3/t15-/m1/s1. The molecule has 1 aliphatic heterocycles. The van der Waals surface area contributed by atoms with Crippen LogP contribution in [0.1, 0.15) is 23.1 Å². The molecule has 0 aliphatic carbocycles. The third-order valence-corrected chi connectivity index (χ3v) is 4.81. The number of benzene rings is 2. The van der Waals surface area contributed by atoms with Gasteiger partial charge < -0.3 is 9.64 Å². The number of rotatable bonds is 3. The highest BCUT2D eigenvalue weighted by atomic mass is 35.5. The maximum absolute atomic E-state index is 12.5. The van der Waals surface area contributed by atoms with Crippen LogP contribution in [0.3, 0.4) is 0 Å². The number of nitrogens with zero attached hydrogens (tertiary/aromatic N) is 1. The van der Waals surface area contributed by atoms with Crippen molar-refractivity contribution in [2.24, 2.45) is 5.92 Å². The minimum Gasteiger partial charge on any atom is -0.426 e. The van der Waals surface area contributed by atoms with Crippen LogP contribution in [0.4, 0.5) is 5.69 Å². The van der Waals surface area contributed by atoms with Gasteiger partial charge in [-0.25, -0.2) is 0 Å². The number of halogens is 1. The lowest BCUT2D eigenvalue weighted by molar-refractivity contribution is -0.139. The van der Waals surface area contributed by atoms with Crippen LogP contribution in [-0.4, -0.2) is 18.4 Å². The van der Waals surface area contributed by atoms with Crippen LogP contribution in [0.15, 0.2) is 36.4 Å². The maximum atomic E-state index is 12.5. The highest BCUT2D eigenvalue weighted by molar-refractivity contribution is 6.31. The van der Waals surface area contributed by atoms with Crippen LogP contribution >= 0.6 is 11.6 Å². The molecule has 5 heteroatoms. The first kappa shape index (κ1) is 17.5. The third kappa shape index (κ3) is 3.69. The lowest BCUT2D eigenvalue weighted by Crippen LogP contribution is -2.27. The van der Waals surface area contributed by atoms with Gasteiger partial charge in [-0.15, -0.1) is 0 Å². The summed E-state index contributed by atoms with van der Waals surface area (Å²) in [6.07, 6.45) is 0.148. The zero-order valence-corrected chi connectivity index (χ0v) is 15.3. The van der Waals surface area contributed by atoms with Gasteiger partial charge in [-0.3, -0.25) is 9.59 Å². The van der Waals surface area contributed by atoms with Crippen molar-refractivity contribution >= 4 is 29.2 Å². The lowest BCUT2D eigenvalue weighted by Gasteiger charge is -2.19. The molecule has 1 atom stereocenters. The molecule has 1 fully saturated rings. The zero-order valence-electron chi connectivity index (χ0n) is 14.5. The van der Waals surface area contributed by atoms with Crippen LogP contribution in [-0.2, 0) is 9.59 Å². The van der Waals surface area contributed by atoms with Gasteiger partial charge in [0.25, 0.3) is 0 Å². The Morgan fingerprint density at radius 2 is 1.84 bits per heavy atom. The van der Waals surface area contributed by atoms with Crippen molar-refractivity contribution in [3.05, 3.63) is 58.1 Å². The SMILES string of the molecule is Cc1cc(C)cc(OC(=O)[C@@H]2CC(=O)N(c3cccc(Cl)c3C)C2)c1. The normalized spacial score (nSPS) is 17.0. The number of amides is 1. The lowest BCUT2D eigenvalue weighted by atomic mass is 10.1. The average molecular weight is 358 g/mol. The summed E-state index contributed by atoms with van der Waals surface area (Å²) in [5.74, 6) is -0.424. The van der Waals surface area contributed by atoms with E-state index in [1.807, 2.05) is 45.0 Å². The summed E-state index contributed by atoms with van der Waals surface area (Å²) in [6, 6.07) is 11.1. The second kappa shape index (κ2) is 6.89. The van der Waals surface area contributed by atoms with Crippen molar-refractivity contribution in [2.75, 3.05) is 11.4 Å². The van der Waals surface area contributed by atoms with Crippen molar-refractivity contribution < 1.29 is 14.3 Å². The van der Waals surface area contributed by atoms with Gasteiger partial charge in [0.2, 0.25) is 5.91 Å². The van der Waals surface area contributed by atoms with Crippen molar-refractivity contribution in [3.63, 3.8) is 0 Å². The number of carbonyl (C=O) groups is 2. The highest BCUT2D eigenvalue weighted by Gasteiger charge is 2.37. The number of esters is 1. The fraction of sp³-hybridized carbons (Fsp3) is 0.300. The Morgan fingerprint density at radius 1 is 1.16 bits per heavy atom. The summed E-state index contributed by atoms with van der Waals surface area (Å²) in [5, 5.41) is 0.603. The van der Waals surface area contributed by atoms with E-state index in [9.17, 15) is 9.59 Å². The number of hydrogen-bond donors (Lipinski definition) is 0. The Balaban J connectivity index is 1.75. The number of carbonyl (C=O) groups excluding carboxylic acids is 2. The molecule has 0 N–H and O–H groups in total. The molecule has 1 saturated heterocycles. The summed E-state index contributed by atoms with van der Waals surface area (Å²) >= 11 is 6.15. The molecule has 130 valence electrons. The summed E-state index contributed by atoms with van der Waals surface area (Å²) in [4.78, 5) is 26.5. The summed E-state index contributed by atoms with van der Waals surface area (Å²) < 4.78 is 5.50. The van der Waals surface area contributed by atoms with Crippen molar-refractivity contribution in [1.82, 2.24) is 0 Å². The van der Waals surface area contributed by atoms with Gasteiger partial charge in [0, 0.05) is 23.7 Å². The quantitative estimate of drug-likeness (QED) is 0.610. The molecule has 0 unspecified atom stereocenters. The molecule has 2 aromatic carbocycles. The van der Waals surface area contributed by atoms with Gasteiger partial charge in [-0.2, -0.15) is 0 Å². The van der Waals surface area contributed by atoms with E-state index >= 15 is 0 Å². The first-order valence-electron chi connectivity index (χ1n) is 8.20. The number of anilines is 1. The average Bonchev–Trinajstić information content (AvgIpc) is 2.91. The van der Waals surface area contributed by atoms with E-state index < -0.39 is 5.92 Å². The molecule has 0 aromatic heterocycles. The Hall–Kier alpha value is -2.33. The second-order valence-electron chi connectivity index (χ2n) is 6.53. The molecule has 1 aliphatic rings. The third-order valence-electron chi connectivity index (χ3n) is 4.40. The molecule has 3 rings (SSSR count). The first-order chi connectivity index (χ1) is 11.8. The zero-order chi connectivity index (χ0) is 18.1. The molecule has 0 saturated carbocycles. The Bertz CT molecular complexity index is 827. The molecule has 0 bridgehead atoms. The monoisotopic (exact) mass is 357 g/mol. The fourth-order valence-electron chi connectivity index (χ4n) is 3.18. The van der Waals surface area contributed by atoms with Gasteiger partial charge in [-0.05, 0) is 61.7 Å². The van der Waals surface area contributed by atoms with E-state index in [-0.39, 0.29) is 18.3 Å². The summed E-state index contributed by atoms with van der Waals surface area (Å²) in [7, 11) is 0. The van der Waals surface area contributed by atoms with Crippen LogP contribution in [0.5, 0.6) is 5.75 Å². The van der Waals surface area contributed by atoms with E-state index in [0.717, 1.165) is 22.4 Å². The predicted molar refractivity (Wildman–Crippen MR) is 98.2 cm³/mol. The molecule has 4 nitrogen and oxygen atoms in total. The Labute approximate surface area is 152 Å². The summed E-state index contributed by atoms with van der Waals surface area (Å²) in [5.41, 5.74) is 3.64. The Morgan fingerprint density at radius 3 is 2.52 bits per heavy atom. The van der Waals surface area contributed by atoms with Crippen molar-refractivity contribution in [3.8, 4) is 5.75 Å². The van der Waals surface area contributed by atoms with E-state index in [4.69, 9.17) is 16.3 Å². The molecule has 0 radical (unpaired) electrons. The smallest absolute Gasteiger partial charge is 0.316 e. The van der Waals surface area contributed by atoms with Crippen LogP contribution in [0, 0.1) is 26.7 Å². The highest BCUT2D eigenvalue weighted by Crippen LogP contribution is 2.32. The molecule has 1 amide bonds.